The van der Waals surface area contributed by atoms with Gasteiger partial charge in [0.05, 0.1) is 11.4 Å². The monoisotopic (exact) mass is 312 g/mol. The summed E-state index contributed by atoms with van der Waals surface area (Å²) in [5, 5.41) is 11.7. The van der Waals surface area contributed by atoms with Crippen LogP contribution in [-0.2, 0) is 17.8 Å². The molecule has 0 saturated heterocycles. The van der Waals surface area contributed by atoms with Gasteiger partial charge in [-0.15, -0.1) is 0 Å². The number of hydrogen-bond donors (Lipinski definition) is 1. The number of nitrogens with one attached hydrogen (secondary N) is 1. The van der Waals surface area contributed by atoms with Crippen molar-refractivity contribution in [2.45, 2.75) is 38.8 Å². The van der Waals surface area contributed by atoms with Gasteiger partial charge in [-0.05, 0) is 25.1 Å². The average molecular weight is 312 g/mol. The normalized spacial score (nSPS) is 17.3. The van der Waals surface area contributed by atoms with Gasteiger partial charge in [0.15, 0.2) is 0 Å². The van der Waals surface area contributed by atoms with E-state index in [9.17, 15) is 0 Å². The molecule has 0 fully saturated rings. The third-order valence-corrected chi connectivity index (χ3v) is 3.99. The molecule has 1 unspecified atom stereocenters. The first-order valence-corrected chi connectivity index (χ1v) is 8.24. The van der Waals surface area contributed by atoms with Crippen LogP contribution in [0.4, 0.5) is 0 Å². The molecule has 2 aromatic rings. The first-order chi connectivity index (χ1) is 11.2. The zero-order valence-electron chi connectivity index (χ0n) is 13.8. The lowest BCUT2D eigenvalue weighted by Gasteiger charge is -2.18. The van der Waals surface area contributed by atoms with Crippen LogP contribution in [0.3, 0.4) is 0 Å². The summed E-state index contributed by atoms with van der Waals surface area (Å²) in [5.41, 5.74) is 4.48. The molecule has 0 radical (unpaired) electrons. The third kappa shape index (κ3) is 4.20. The molecule has 122 valence electrons. The fraction of sp³-hybridized carbons (Fsp3) is 0.444. The van der Waals surface area contributed by atoms with Gasteiger partial charge in [-0.2, -0.15) is 5.10 Å². The first kappa shape index (κ1) is 15.7. The van der Waals surface area contributed by atoms with Gasteiger partial charge >= 0.3 is 0 Å². The van der Waals surface area contributed by atoms with Gasteiger partial charge in [-0.3, -0.25) is 10.00 Å². The summed E-state index contributed by atoms with van der Waals surface area (Å²) in [5.74, 6) is 0. The summed E-state index contributed by atoms with van der Waals surface area (Å²) in [6, 6.07) is 12.4. The Hall–Kier alpha value is -2.14. The lowest BCUT2D eigenvalue weighted by Crippen LogP contribution is -2.29. The maximum absolute atomic E-state index is 5.59. The molecule has 3 rings (SSSR count). The molecule has 1 aromatic heterocycles. The van der Waals surface area contributed by atoms with Crippen molar-refractivity contribution in [3.05, 3.63) is 53.3 Å². The van der Waals surface area contributed by atoms with E-state index < -0.39 is 0 Å². The van der Waals surface area contributed by atoms with E-state index in [1.807, 2.05) is 18.2 Å². The Bertz CT molecular complexity index is 650. The van der Waals surface area contributed by atoms with E-state index in [1.165, 1.54) is 0 Å². The van der Waals surface area contributed by atoms with Gasteiger partial charge in [-0.1, -0.05) is 48.8 Å². The molecule has 0 amide bonds. The molecule has 23 heavy (non-hydrogen) atoms. The predicted octanol–water partition coefficient (Wildman–Crippen LogP) is 2.99. The first-order valence-electron chi connectivity index (χ1n) is 8.24. The van der Waals surface area contributed by atoms with Gasteiger partial charge in [0, 0.05) is 25.2 Å². The quantitative estimate of drug-likeness (QED) is 0.855. The van der Waals surface area contributed by atoms with E-state index in [0.717, 1.165) is 55.0 Å². The van der Waals surface area contributed by atoms with E-state index in [1.54, 1.807) is 0 Å². The van der Waals surface area contributed by atoms with Crippen molar-refractivity contribution in [3.8, 4) is 0 Å². The maximum Gasteiger partial charge on any atom is 0.145 e. The smallest absolute Gasteiger partial charge is 0.145 e. The Morgan fingerprint density at radius 1 is 1.30 bits per heavy atom. The molecular formula is C18H24N4O. The highest BCUT2D eigenvalue weighted by Gasteiger charge is 2.23. The zero-order chi connectivity index (χ0) is 16.1. The molecule has 0 spiro atoms. The molecule has 0 bridgehead atoms. The topological polar surface area (TPSA) is 53.5 Å². The highest BCUT2D eigenvalue weighted by molar-refractivity contribution is 6.01. The minimum absolute atomic E-state index is 0.119. The van der Waals surface area contributed by atoms with Crippen molar-refractivity contribution in [2.75, 3.05) is 13.6 Å². The molecular weight excluding hydrogens is 288 g/mol. The van der Waals surface area contributed by atoms with Crippen LogP contribution in [0.25, 0.3) is 0 Å². The maximum atomic E-state index is 5.59. The number of aryl methyl sites for hydroxylation is 1. The zero-order valence-corrected chi connectivity index (χ0v) is 13.8. The number of benzene rings is 1. The molecule has 1 aromatic carbocycles. The molecule has 2 heterocycles. The van der Waals surface area contributed by atoms with E-state index >= 15 is 0 Å². The van der Waals surface area contributed by atoms with Crippen molar-refractivity contribution in [2.24, 2.45) is 5.16 Å². The highest BCUT2D eigenvalue weighted by atomic mass is 16.6. The Kier molecular flexibility index (Phi) is 5.08. The SMILES string of the molecule is CCCc1cc(CN(C)CC2CC(c3ccccc3)=NO2)[nH]n1. The van der Waals surface area contributed by atoms with Gasteiger partial charge in [0.1, 0.15) is 6.10 Å². The second-order valence-corrected chi connectivity index (χ2v) is 6.17. The number of oxime groups is 1. The molecule has 5 heteroatoms. The number of likely N-dealkylation sites (N-methyl/N-ethyl adjacent to an activating group) is 1. The number of aromatic amines is 1. The van der Waals surface area contributed by atoms with E-state index in [2.05, 4.69) is 52.4 Å². The Labute approximate surface area is 137 Å². The fourth-order valence-corrected chi connectivity index (χ4v) is 2.90. The van der Waals surface area contributed by atoms with Crippen LogP contribution >= 0.6 is 0 Å². The second kappa shape index (κ2) is 7.42. The number of aromatic nitrogens is 2. The van der Waals surface area contributed by atoms with Crippen LogP contribution in [-0.4, -0.2) is 40.5 Å². The summed E-state index contributed by atoms with van der Waals surface area (Å²) in [7, 11) is 2.10. The molecule has 1 N–H and O–H groups in total. The minimum atomic E-state index is 0.119. The van der Waals surface area contributed by atoms with Crippen LogP contribution in [0.2, 0.25) is 0 Å². The summed E-state index contributed by atoms with van der Waals surface area (Å²) >= 11 is 0. The summed E-state index contributed by atoms with van der Waals surface area (Å²) in [6.07, 6.45) is 3.13. The van der Waals surface area contributed by atoms with Gasteiger partial charge < -0.3 is 4.84 Å². The summed E-state index contributed by atoms with van der Waals surface area (Å²) in [6.45, 7) is 3.86. The molecule has 5 nitrogen and oxygen atoms in total. The van der Waals surface area contributed by atoms with Gasteiger partial charge in [0.25, 0.3) is 0 Å². The fourth-order valence-electron chi connectivity index (χ4n) is 2.90. The molecule has 1 aliphatic rings. The minimum Gasteiger partial charge on any atom is -0.390 e. The van der Waals surface area contributed by atoms with E-state index in [0.29, 0.717) is 0 Å². The van der Waals surface area contributed by atoms with Crippen molar-refractivity contribution in [1.82, 2.24) is 15.1 Å². The van der Waals surface area contributed by atoms with E-state index in [4.69, 9.17) is 4.84 Å². The van der Waals surface area contributed by atoms with E-state index in [-0.39, 0.29) is 6.10 Å². The molecule has 1 aliphatic heterocycles. The van der Waals surface area contributed by atoms with Crippen molar-refractivity contribution < 1.29 is 4.84 Å². The standard InChI is InChI=1S/C18H24N4O/c1-3-7-15-10-16(20-19-15)12-22(2)13-17-11-18(21-23-17)14-8-5-4-6-9-14/h4-6,8-10,17H,3,7,11-13H2,1-2H3,(H,19,20). The number of hydrogen-bond acceptors (Lipinski definition) is 4. The lowest BCUT2D eigenvalue weighted by atomic mass is 10.1. The number of nitrogens with zero attached hydrogens (tertiary/aromatic N) is 3. The summed E-state index contributed by atoms with van der Waals surface area (Å²) < 4.78 is 0. The number of H-pyrrole nitrogens is 1. The number of rotatable bonds is 7. The lowest BCUT2D eigenvalue weighted by molar-refractivity contribution is 0.0574. The largest absolute Gasteiger partial charge is 0.390 e. The predicted molar refractivity (Wildman–Crippen MR) is 91.4 cm³/mol. The van der Waals surface area contributed by atoms with Crippen LogP contribution in [0.15, 0.2) is 41.6 Å². The summed E-state index contributed by atoms with van der Waals surface area (Å²) in [4.78, 5) is 7.84. The Morgan fingerprint density at radius 3 is 2.91 bits per heavy atom. The van der Waals surface area contributed by atoms with Gasteiger partial charge in [-0.25, -0.2) is 0 Å². The van der Waals surface area contributed by atoms with Crippen molar-refractivity contribution >= 4 is 5.71 Å². The molecule has 0 aliphatic carbocycles. The second-order valence-electron chi connectivity index (χ2n) is 6.17. The Balaban J connectivity index is 1.48. The van der Waals surface area contributed by atoms with Crippen LogP contribution in [0.1, 0.15) is 36.7 Å². The average Bonchev–Trinajstić information content (AvgIpc) is 3.18. The Morgan fingerprint density at radius 2 is 2.13 bits per heavy atom. The molecule has 0 saturated carbocycles. The van der Waals surface area contributed by atoms with Crippen LogP contribution < -0.4 is 0 Å². The highest BCUT2D eigenvalue weighted by Crippen LogP contribution is 2.17. The van der Waals surface area contributed by atoms with Crippen LogP contribution in [0.5, 0.6) is 0 Å². The van der Waals surface area contributed by atoms with Crippen molar-refractivity contribution in [1.29, 1.82) is 0 Å². The third-order valence-electron chi connectivity index (χ3n) is 3.99. The van der Waals surface area contributed by atoms with Crippen LogP contribution in [0, 0.1) is 0 Å². The van der Waals surface area contributed by atoms with Crippen molar-refractivity contribution in [3.63, 3.8) is 0 Å². The molecule has 1 atom stereocenters. The van der Waals surface area contributed by atoms with Gasteiger partial charge in [0.2, 0.25) is 0 Å².